The van der Waals surface area contributed by atoms with Crippen molar-refractivity contribution in [3.05, 3.63) is 18.4 Å². The first-order valence-corrected chi connectivity index (χ1v) is 8.50. The molecule has 1 atom stereocenters. The van der Waals surface area contributed by atoms with Crippen LogP contribution in [0.1, 0.15) is 25.7 Å². The summed E-state index contributed by atoms with van der Waals surface area (Å²) >= 11 is 1.78. The lowest BCUT2D eigenvalue weighted by molar-refractivity contribution is 0.182. The summed E-state index contributed by atoms with van der Waals surface area (Å²) in [7, 11) is 4.23. The monoisotopic (exact) mass is 306 g/mol. The maximum Gasteiger partial charge on any atom is 0.200 e. The number of thioether (sulfide) groups is 1. The molecule has 0 aromatic carbocycles. The number of furan rings is 1. The Kier molecular flexibility index (Phi) is 4.65. The molecule has 21 heavy (non-hydrogen) atoms. The lowest BCUT2D eigenvalue weighted by atomic mass is 10.0. The lowest BCUT2D eigenvalue weighted by Crippen LogP contribution is -2.36. The van der Waals surface area contributed by atoms with Gasteiger partial charge >= 0.3 is 0 Å². The third-order valence-electron chi connectivity index (χ3n) is 4.18. The molecule has 2 aromatic rings. The maximum atomic E-state index is 5.39. The molecule has 1 fully saturated rings. The quantitative estimate of drug-likeness (QED) is 0.795. The second-order valence-electron chi connectivity index (χ2n) is 5.61. The van der Waals surface area contributed by atoms with Crippen LogP contribution in [-0.4, -0.2) is 45.1 Å². The average Bonchev–Trinajstić information content (AvgIpc) is 3.11. The molecule has 0 unspecified atom stereocenters. The predicted octanol–water partition coefficient (Wildman–Crippen LogP) is 3.04. The van der Waals surface area contributed by atoms with E-state index in [0.29, 0.717) is 0 Å². The molecule has 0 radical (unpaired) electrons. The van der Waals surface area contributed by atoms with Gasteiger partial charge in [0, 0.05) is 18.8 Å². The highest BCUT2D eigenvalue weighted by molar-refractivity contribution is 7.99. The summed E-state index contributed by atoms with van der Waals surface area (Å²) in [5, 5.41) is 9.46. The van der Waals surface area contributed by atoms with Crippen molar-refractivity contribution in [3.63, 3.8) is 0 Å². The Balaban J connectivity index is 1.56. The number of hydrogen-bond donors (Lipinski definition) is 0. The molecule has 0 saturated carbocycles. The zero-order chi connectivity index (χ0) is 14.7. The third-order valence-corrected chi connectivity index (χ3v) is 5.23. The first-order chi connectivity index (χ1) is 10.3. The number of hydrogen-bond acceptors (Lipinski definition) is 5. The smallest absolute Gasteiger partial charge is 0.200 e. The minimum atomic E-state index is 0.726. The molecule has 6 heteroatoms. The van der Waals surface area contributed by atoms with E-state index in [-0.39, 0.29) is 0 Å². The van der Waals surface area contributed by atoms with Crippen LogP contribution in [-0.2, 0) is 7.05 Å². The Morgan fingerprint density at radius 1 is 1.33 bits per heavy atom. The minimum Gasteiger partial charge on any atom is -0.461 e. The summed E-state index contributed by atoms with van der Waals surface area (Å²) in [6.45, 7) is 1.24. The summed E-state index contributed by atoms with van der Waals surface area (Å²) in [4.78, 5) is 2.50. The second kappa shape index (κ2) is 6.66. The van der Waals surface area contributed by atoms with Crippen molar-refractivity contribution >= 4 is 11.8 Å². The van der Waals surface area contributed by atoms with Gasteiger partial charge in [0.15, 0.2) is 16.7 Å². The largest absolute Gasteiger partial charge is 0.461 e. The fourth-order valence-corrected chi connectivity index (χ4v) is 3.81. The van der Waals surface area contributed by atoms with Crippen molar-refractivity contribution in [2.45, 2.75) is 36.9 Å². The molecule has 3 rings (SSSR count). The van der Waals surface area contributed by atoms with Crippen molar-refractivity contribution in [2.24, 2.45) is 7.05 Å². The topological polar surface area (TPSA) is 47.1 Å². The maximum absolute atomic E-state index is 5.39. The molecule has 0 aliphatic carbocycles. The van der Waals surface area contributed by atoms with E-state index in [4.69, 9.17) is 4.42 Å². The average molecular weight is 306 g/mol. The van der Waals surface area contributed by atoms with Crippen LogP contribution in [0.25, 0.3) is 11.6 Å². The van der Waals surface area contributed by atoms with E-state index in [1.807, 2.05) is 23.7 Å². The van der Waals surface area contributed by atoms with Crippen LogP contribution < -0.4 is 0 Å². The lowest BCUT2D eigenvalue weighted by Gasteiger charge is -2.32. The van der Waals surface area contributed by atoms with Crippen molar-refractivity contribution in [3.8, 4) is 11.6 Å². The molecule has 1 aliphatic rings. The van der Waals surface area contributed by atoms with Crippen LogP contribution in [0.5, 0.6) is 0 Å². The minimum absolute atomic E-state index is 0.726. The molecular weight excluding hydrogens is 284 g/mol. The van der Waals surface area contributed by atoms with Gasteiger partial charge in [-0.05, 0) is 45.0 Å². The SMILES string of the molecule is CN1CCCC[C@@H]1CCSc1nnc(-c2ccco2)n1C. The molecule has 1 saturated heterocycles. The van der Waals surface area contributed by atoms with E-state index >= 15 is 0 Å². The Hall–Kier alpha value is -1.27. The summed E-state index contributed by atoms with van der Waals surface area (Å²) < 4.78 is 7.40. The van der Waals surface area contributed by atoms with Gasteiger partial charge in [-0.1, -0.05) is 18.2 Å². The summed E-state index contributed by atoms with van der Waals surface area (Å²) in [5.41, 5.74) is 0. The summed E-state index contributed by atoms with van der Waals surface area (Å²) in [5.74, 6) is 2.64. The van der Waals surface area contributed by atoms with Crippen LogP contribution >= 0.6 is 11.8 Å². The molecule has 3 heterocycles. The van der Waals surface area contributed by atoms with Gasteiger partial charge in [-0.25, -0.2) is 0 Å². The first-order valence-electron chi connectivity index (χ1n) is 7.52. The highest BCUT2D eigenvalue weighted by Gasteiger charge is 2.19. The Morgan fingerprint density at radius 3 is 3.00 bits per heavy atom. The van der Waals surface area contributed by atoms with Crippen molar-refractivity contribution < 1.29 is 4.42 Å². The van der Waals surface area contributed by atoms with E-state index in [2.05, 4.69) is 22.1 Å². The van der Waals surface area contributed by atoms with E-state index in [0.717, 1.165) is 28.5 Å². The molecule has 0 spiro atoms. The van der Waals surface area contributed by atoms with Crippen molar-refractivity contribution in [2.75, 3.05) is 19.3 Å². The van der Waals surface area contributed by atoms with Crippen LogP contribution in [0, 0.1) is 0 Å². The number of piperidine rings is 1. The molecule has 0 amide bonds. The summed E-state index contributed by atoms with van der Waals surface area (Å²) in [6.07, 6.45) is 6.91. The fourth-order valence-electron chi connectivity index (χ4n) is 2.86. The van der Waals surface area contributed by atoms with Gasteiger partial charge in [-0.2, -0.15) is 0 Å². The number of likely N-dealkylation sites (tertiary alicyclic amines) is 1. The number of aromatic nitrogens is 3. The van der Waals surface area contributed by atoms with E-state index < -0.39 is 0 Å². The Morgan fingerprint density at radius 2 is 2.24 bits per heavy atom. The van der Waals surface area contributed by atoms with Crippen molar-refractivity contribution in [1.29, 1.82) is 0 Å². The van der Waals surface area contributed by atoms with Crippen LogP contribution in [0.15, 0.2) is 28.0 Å². The molecular formula is C15H22N4OS. The van der Waals surface area contributed by atoms with Crippen LogP contribution in [0.3, 0.4) is 0 Å². The van der Waals surface area contributed by atoms with Crippen LogP contribution in [0.2, 0.25) is 0 Å². The molecule has 2 aromatic heterocycles. The third kappa shape index (κ3) is 3.32. The fraction of sp³-hybridized carbons (Fsp3) is 0.600. The van der Waals surface area contributed by atoms with Gasteiger partial charge in [0.25, 0.3) is 0 Å². The zero-order valence-electron chi connectivity index (χ0n) is 12.7. The van der Waals surface area contributed by atoms with Gasteiger partial charge in [-0.3, -0.25) is 0 Å². The molecule has 0 bridgehead atoms. The molecule has 0 N–H and O–H groups in total. The highest BCUT2D eigenvalue weighted by atomic mass is 32.2. The highest BCUT2D eigenvalue weighted by Crippen LogP contribution is 2.25. The Labute approximate surface area is 129 Å². The Bertz CT molecular complexity index is 566. The normalized spacial score (nSPS) is 20.0. The van der Waals surface area contributed by atoms with Gasteiger partial charge < -0.3 is 13.9 Å². The predicted molar refractivity (Wildman–Crippen MR) is 84.3 cm³/mol. The van der Waals surface area contributed by atoms with Crippen molar-refractivity contribution in [1.82, 2.24) is 19.7 Å². The van der Waals surface area contributed by atoms with Gasteiger partial charge in [-0.15, -0.1) is 10.2 Å². The number of nitrogens with zero attached hydrogens (tertiary/aromatic N) is 4. The van der Waals surface area contributed by atoms with Gasteiger partial charge in [0.1, 0.15) is 0 Å². The second-order valence-corrected chi connectivity index (χ2v) is 6.67. The van der Waals surface area contributed by atoms with Crippen LogP contribution in [0.4, 0.5) is 0 Å². The van der Waals surface area contributed by atoms with Gasteiger partial charge in [0.05, 0.1) is 6.26 Å². The summed E-state index contributed by atoms with van der Waals surface area (Å²) in [6, 6.07) is 4.51. The molecule has 1 aliphatic heterocycles. The molecule has 114 valence electrons. The van der Waals surface area contributed by atoms with Gasteiger partial charge in [0.2, 0.25) is 0 Å². The standard InChI is InChI=1S/C15H22N4OS/c1-18-9-4-3-6-12(18)8-11-21-15-17-16-14(19(15)2)13-7-5-10-20-13/h5,7,10,12H,3-4,6,8-9,11H2,1-2H3/t12-/m1/s1. The van der Waals surface area contributed by atoms with E-state index in [1.54, 1.807) is 18.0 Å². The first kappa shape index (κ1) is 14.7. The van der Waals surface area contributed by atoms with E-state index in [9.17, 15) is 0 Å². The van der Waals surface area contributed by atoms with E-state index in [1.165, 1.54) is 32.2 Å². The zero-order valence-corrected chi connectivity index (χ0v) is 13.5. The molecule has 5 nitrogen and oxygen atoms in total. The number of rotatable bonds is 5.